The van der Waals surface area contributed by atoms with Gasteiger partial charge in [-0.3, -0.25) is 0 Å². The highest BCUT2D eigenvalue weighted by molar-refractivity contribution is 5.00. The molecule has 1 aromatic rings. The first kappa shape index (κ1) is 12.5. The van der Waals surface area contributed by atoms with Gasteiger partial charge in [0.2, 0.25) is 11.7 Å². The van der Waals surface area contributed by atoms with E-state index in [4.69, 9.17) is 9.26 Å². The number of hydrogen-bond acceptors (Lipinski definition) is 5. The second-order valence-corrected chi connectivity index (χ2v) is 5.62. The lowest BCUT2D eigenvalue weighted by Crippen LogP contribution is -2.21. The zero-order valence-electron chi connectivity index (χ0n) is 11.0. The van der Waals surface area contributed by atoms with Crippen LogP contribution in [0.4, 0.5) is 0 Å². The van der Waals surface area contributed by atoms with Gasteiger partial charge in [0.1, 0.15) is 6.10 Å². The van der Waals surface area contributed by atoms with Crippen LogP contribution in [-0.2, 0) is 4.74 Å². The maximum absolute atomic E-state index is 5.47. The average molecular weight is 239 g/mol. The van der Waals surface area contributed by atoms with Gasteiger partial charge in [-0.1, -0.05) is 25.9 Å². The first-order chi connectivity index (χ1) is 8.02. The Hall–Kier alpha value is -0.940. The minimum absolute atomic E-state index is 0.0427. The molecule has 1 saturated heterocycles. The Morgan fingerprint density at radius 3 is 2.76 bits per heavy atom. The van der Waals surface area contributed by atoms with Crippen molar-refractivity contribution in [3.8, 4) is 0 Å². The Morgan fingerprint density at radius 1 is 1.47 bits per heavy atom. The number of hydrogen-bond donors (Lipinski definition) is 1. The number of nitrogens with one attached hydrogen (secondary N) is 1. The van der Waals surface area contributed by atoms with Crippen molar-refractivity contribution in [1.29, 1.82) is 0 Å². The maximum atomic E-state index is 5.47. The summed E-state index contributed by atoms with van der Waals surface area (Å²) in [6.45, 7) is 7.33. The summed E-state index contributed by atoms with van der Waals surface area (Å²) in [5, 5.41) is 7.39. The highest BCUT2D eigenvalue weighted by Gasteiger charge is 2.32. The summed E-state index contributed by atoms with van der Waals surface area (Å²) in [5.41, 5.74) is -0.0427. The third-order valence-corrected chi connectivity index (χ3v) is 3.07. The number of rotatable bonds is 3. The fraction of sp³-hybridized carbons (Fsp3) is 0.833. The van der Waals surface area contributed by atoms with Gasteiger partial charge in [-0.25, -0.2) is 0 Å². The van der Waals surface area contributed by atoms with Gasteiger partial charge in [0.05, 0.1) is 6.04 Å². The van der Waals surface area contributed by atoms with Crippen LogP contribution in [0.3, 0.4) is 0 Å². The Labute approximate surface area is 102 Å². The molecule has 0 aromatic carbocycles. The van der Waals surface area contributed by atoms with E-state index in [0.29, 0.717) is 11.7 Å². The zero-order valence-corrected chi connectivity index (χ0v) is 11.0. The molecule has 5 nitrogen and oxygen atoms in total. The minimum atomic E-state index is -0.138. The van der Waals surface area contributed by atoms with E-state index in [9.17, 15) is 0 Å². The van der Waals surface area contributed by atoms with Gasteiger partial charge in [0, 0.05) is 7.11 Å². The van der Waals surface area contributed by atoms with Crippen LogP contribution in [0.1, 0.15) is 57.5 Å². The maximum Gasteiger partial charge on any atom is 0.243 e. The normalized spacial score (nSPS) is 22.9. The predicted molar refractivity (Wildman–Crippen MR) is 63.5 cm³/mol. The molecule has 96 valence electrons. The summed E-state index contributed by atoms with van der Waals surface area (Å²) in [6, 6.07) is 0.216. The van der Waals surface area contributed by atoms with Crippen molar-refractivity contribution < 1.29 is 9.26 Å². The number of methoxy groups -OCH3 is 1. The van der Waals surface area contributed by atoms with Crippen LogP contribution >= 0.6 is 0 Å². The zero-order chi connectivity index (χ0) is 12.5. The second kappa shape index (κ2) is 4.74. The largest absolute Gasteiger partial charge is 0.373 e. The molecule has 0 bridgehead atoms. The van der Waals surface area contributed by atoms with Crippen LogP contribution in [0.25, 0.3) is 0 Å². The van der Waals surface area contributed by atoms with Crippen molar-refractivity contribution in [2.75, 3.05) is 13.7 Å². The van der Waals surface area contributed by atoms with Gasteiger partial charge in [-0.05, 0) is 24.8 Å². The molecule has 0 saturated carbocycles. The Morgan fingerprint density at radius 2 is 2.24 bits per heavy atom. The van der Waals surface area contributed by atoms with Crippen molar-refractivity contribution in [2.24, 2.45) is 5.41 Å². The number of ether oxygens (including phenoxy) is 1. The molecule has 0 radical (unpaired) electrons. The Balaban J connectivity index is 2.16. The molecular formula is C12H21N3O2. The molecule has 2 rings (SSSR count). The standard InChI is InChI=1S/C12H21N3O2/c1-12(2,3)9(16-4)10-14-11(17-15-10)8-6-5-7-13-8/h8-9,13H,5-7H2,1-4H3/t8-,9?/m1/s1. The summed E-state index contributed by atoms with van der Waals surface area (Å²) in [7, 11) is 1.68. The van der Waals surface area contributed by atoms with E-state index in [1.54, 1.807) is 7.11 Å². The molecule has 1 fully saturated rings. The van der Waals surface area contributed by atoms with Crippen LogP contribution in [0.15, 0.2) is 4.52 Å². The van der Waals surface area contributed by atoms with Gasteiger partial charge in [0.25, 0.3) is 0 Å². The molecule has 1 aromatic heterocycles. The quantitative estimate of drug-likeness (QED) is 0.876. The van der Waals surface area contributed by atoms with Gasteiger partial charge in [0.15, 0.2) is 0 Å². The molecule has 5 heteroatoms. The lowest BCUT2D eigenvalue weighted by Gasteiger charge is -2.26. The van der Waals surface area contributed by atoms with Crippen molar-refractivity contribution >= 4 is 0 Å². The van der Waals surface area contributed by atoms with E-state index in [-0.39, 0.29) is 17.6 Å². The smallest absolute Gasteiger partial charge is 0.243 e. The van der Waals surface area contributed by atoms with Crippen LogP contribution in [0, 0.1) is 5.41 Å². The lowest BCUT2D eigenvalue weighted by atomic mass is 9.88. The molecule has 1 aliphatic rings. The average Bonchev–Trinajstić information content (AvgIpc) is 2.84. The molecule has 17 heavy (non-hydrogen) atoms. The molecule has 2 atom stereocenters. The van der Waals surface area contributed by atoms with E-state index in [1.807, 2.05) is 0 Å². The highest BCUT2D eigenvalue weighted by Crippen LogP contribution is 2.34. The first-order valence-corrected chi connectivity index (χ1v) is 6.12. The molecule has 0 spiro atoms. The van der Waals surface area contributed by atoms with Crippen molar-refractivity contribution in [3.63, 3.8) is 0 Å². The molecule has 1 N–H and O–H groups in total. The van der Waals surface area contributed by atoms with E-state index in [0.717, 1.165) is 19.4 Å². The third kappa shape index (κ3) is 2.66. The van der Waals surface area contributed by atoms with Crippen molar-refractivity contribution in [2.45, 2.75) is 45.8 Å². The summed E-state index contributed by atoms with van der Waals surface area (Å²) in [6.07, 6.45) is 2.09. The fourth-order valence-corrected chi connectivity index (χ4v) is 2.24. The SMILES string of the molecule is COC(c1noc([C@H]2CCCN2)n1)C(C)(C)C. The lowest BCUT2D eigenvalue weighted by molar-refractivity contribution is 0.00718. The van der Waals surface area contributed by atoms with E-state index in [2.05, 4.69) is 36.2 Å². The Bertz CT molecular complexity index is 364. The van der Waals surface area contributed by atoms with Crippen LogP contribution < -0.4 is 5.32 Å². The summed E-state index contributed by atoms with van der Waals surface area (Å²) < 4.78 is 10.8. The molecule has 0 aliphatic carbocycles. The third-order valence-electron chi connectivity index (χ3n) is 3.07. The van der Waals surface area contributed by atoms with Gasteiger partial charge < -0.3 is 14.6 Å². The molecule has 2 heterocycles. The molecule has 0 amide bonds. The topological polar surface area (TPSA) is 60.2 Å². The monoisotopic (exact) mass is 239 g/mol. The second-order valence-electron chi connectivity index (χ2n) is 5.62. The van der Waals surface area contributed by atoms with Crippen molar-refractivity contribution in [3.05, 3.63) is 11.7 Å². The fourth-order valence-electron chi connectivity index (χ4n) is 2.24. The highest BCUT2D eigenvalue weighted by atomic mass is 16.5. The van der Waals surface area contributed by atoms with E-state index < -0.39 is 0 Å². The summed E-state index contributed by atoms with van der Waals surface area (Å²) in [5.74, 6) is 1.33. The van der Waals surface area contributed by atoms with Gasteiger partial charge in [-0.15, -0.1) is 0 Å². The Kier molecular flexibility index (Phi) is 3.49. The van der Waals surface area contributed by atoms with Crippen molar-refractivity contribution in [1.82, 2.24) is 15.5 Å². The molecule has 1 aliphatic heterocycles. The predicted octanol–water partition coefficient (Wildman–Crippen LogP) is 2.23. The minimum Gasteiger partial charge on any atom is -0.373 e. The van der Waals surface area contributed by atoms with Gasteiger partial charge in [-0.2, -0.15) is 4.98 Å². The number of aromatic nitrogens is 2. The number of nitrogens with zero attached hydrogens (tertiary/aromatic N) is 2. The van der Waals surface area contributed by atoms with E-state index in [1.165, 1.54) is 0 Å². The van der Waals surface area contributed by atoms with Crippen LogP contribution in [-0.4, -0.2) is 23.8 Å². The van der Waals surface area contributed by atoms with Gasteiger partial charge >= 0.3 is 0 Å². The summed E-state index contributed by atoms with van der Waals surface area (Å²) >= 11 is 0. The molecule has 1 unspecified atom stereocenters. The summed E-state index contributed by atoms with van der Waals surface area (Å²) in [4.78, 5) is 4.46. The van der Waals surface area contributed by atoms with E-state index >= 15 is 0 Å². The van der Waals surface area contributed by atoms with Crippen LogP contribution in [0.5, 0.6) is 0 Å². The molecular weight excluding hydrogens is 218 g/mol. The van der Waals surface area contributed by atoms with Crippen LogP contribution in [0.2, 0.25) is 0 Å². The first-order valence-electron chi connectivity index (χ1n) is 6.12.